The largest absolute Gasteiger partial charge is 0.465 e. The van der Waals surface area contributed by atoms with E-state index in [2.05, 4.69) is 10.2 Å². The summed E-state index contributed by atoms with van der Waals surface area (Å²) in [5, 5.41) is 4.59. The Balaban J connectivity index is 1.55. The fraction of sp³-hybridized carbons (Fsp3) is 0.409. The number of carbonyl (C=O) groups excluding carboxylic acids is 1. The molecule has 1 aliphatic heterocycles. The Kier molecular flexibility index (Phi) is 5.21. The van der Waals surface area contributed by atoms with Gasteiger partial charge in [-0.3, -0.25) is 9.69 Å². The van der Waals surface area contributed by atoms with Crippen molar-refractivity contribution in [2.24, 2.45) is 0 Å². The van der Waals surface area contributed by atoms with Gasteiger partial charge in [0.15, 0.2) is 5.76 Å². The number of benzene rings is 1. The molecule has 1 N–H and O–H groups in total. The van der Waals surface area contributed by atoms with E-state index in [0.29, 0.717) is 22.9 Å². The minimum atomic E-state index is -0.213. The lowest BCUT2D eigenvalue weighted by atomic mass is 10.1. The third-order valence-electron chi connectivity index (χ3n) is 5.55. The van der Waals surface area contributed by atoms with Crippen molar-refractivity contribution < 1.29 is 13.6 Å². The van der Waals surface area contributed by atoms with Crippen LogP contribution in [0.3, 0.4) is 0 Å². The van der Waals surface area contributed by atoms with Crippen LogP contribution in [0.5, 0.6) is 0 Å². The normalized spacial score (nSPS) is 16.0. The van der Waals surface area contributed by atoms with Crippen molar-refractivity contribution in [1.29, 1.82) is 0 Å². The minimum absolute atomic E-state index is 0.0292. The van der Waals surface area contributed by atoms with Gasteiger partial charge in [-0.2, -0.15) is 0 Å². The van der Waals surface area contributed by atoms with Crippen LogP contribution in [0.4, 0.5) is 0 Å². The van der Waals surface area contributed by atoms with Gasteiger partial charge in [0, 0.05) is 22.5 Å². The Morgan fingerprint density at radius 3 is 2.61 bits per heavy atom. The number of amides is 1. The quantitative estimate of drug-likeness (QED) is 0.641. The van der Waals surface area contributed by atoms with E-state index in [9.17, 15) is 4.79 Å². The van der Waals surface area contributed by atoms with Gasteiger partial charge in [-0.1, -0.05) is 11.6 Å². The molecular weight excluding hydrogens is 376 g/mol. The number of fused-ring (bicyclic) bond motifs is 1. The highest BCUT2D eigenvalue weighted by Gasteiger charge is 2.27. The lowest BCUT2D eigenvalue weighted by Gasteiger charge is -2.25. The molecule has 1 amide bonds. The van der Waals surface area contributed by atoms with E-state index in [-0.39, 0.29) is 11.9 Å². The number of nitrogens with one attached hydrogen (secondary N) is 1. The SMILES string of the molecule is Cc1ccc(C(CNC(=O)c2oc3cc(C)c(Cl)cc3c2C)N2CCCC2)o1. The van der Waals surface area contributed by atoms with Crippen LogP contribution >= 0.6 is 11.6 Å². The van der Waals surface area contributed by atoms with Crippen LogP contribution in [0.2, 0.25) is 5.02 Å². The third kappa shape index (κ3) is 3.56. The molecule has 1 unspecified atom stereocenters. The monoisotopic (exact) mass is 400 g/mol. The standard InChI is InChI=1S/C22H25ClN2O3/c1-13-10-20-16(11-17(13)23)15(3)21(28-20)22(26)24-12-18(25-8-4-5-9-25)19-7-6-14(2)27-19/h6-7,10-11,18H,4-5,8-9,12H2,1-3H3,(H,24,26). The molecule has 1 atom stereocenters. The molecule has 1 saturated heterocycles. The van der Waals surface area contributed by atoms with Crippen molar-refractivity contribution in [3.63, 3.8) is 0 Å². The first-order valence-electron chi connectivity index (χ1n) is 9.72. The maximum absolute atomic E-state index is 12.9. The lowest BCUT2D eigenvalue weighted by molar-refractivity contribution is 0.0907. The molecule has 148 valence electrons. The summed E-state index contributed by atoms with van der Waals surface area (Å²) < 4.78 is 11.7. The summed E-state index contributed by atoms with van der Waals surface area (Å²) in [5.41, 5.74) is 2.42. The molecule has 0 bridgehead atoms. The van der Waals surface area contributed by atoms with Gasteiger partial charge in [-0.05, 0) is 76.5 Å². The summed E-state index contributed by atoms with van der Waals surface area (Å²) >= 11 is 6.24. The molecule has 1 aliphatic rings. The highest BCUT2D eigenvalue weighted by Crippen LogP contribution is 2.31. The Morgan fingerprint density at radius 2 is 1.93 bits per heavy atom. The van der Waals surface area contributed by atoms with Crippen LogP contribution < -0.4 is 5.32 Å². The molecular formula is C22H25ClN2O3. The van der Waals surface area contributed by atoms with Crippen molar-refractivity contribution in [2.75, 3.05) is 19.6 Å². The van der Waals surface area contributed by atoms with Crippen LogP contribution in [0, 0.1) is 20.8 Å². The van der Waals surface area contributed by atoms with Gasteiger partial charge in [-0.25, -0.2) is 0 Å². The zero-order chi connectivity index (χ0) is 19.8. The maximum atomic E-state index is 12.9. The first kappa shape index (κ1) is 19.1. The summed E-state index contributed by atoms with van der Waals surface area (Å²) in [6.45, 7) is 8.26. The van der Waals surface area contributed by atoms with Gasteiger partial charge in [-0.15, -0.1) is 0 Å². The zero-order valence-corrected chi connectivity index (χ0v) is 17.2. The van der Waals surface area contributed by atoms with Gasteiger partial charge < -0.3 is 14.2 Å². The second-order valence-corrected chi connectivity index (χ2v) is 7.98. The zero-order valence-electron chi connectivity index (χ0n) is 16.5. The first-order valence-corrected chi connectivity index (χ1v) is 10.1. The number of hydrogen-bond donors (Lipinski definition) is 1. The second kappa shape index (κ2) is 7.64. The van der Waals surface area contributed by atoms with Crippen molar-refractivity contribution in [3.8, 4) is 0 Å². The second-order valence-electron chi connectivity index (χ2n) is 7.57. The van der Waals surface area contributed by atoms with Crippen molar-refractivity contribution in [2.45, 2.75) is 39.7 Å². The van der Waals surface area contributed by atoms with Crippen molar-refractivity contribution in [1.82, 2.24) is 10.2 Å². The molecule has 1 aromatic carbocycles. The molecule has 0 radical (unpaired) electrons. The van der Waals surface area contributed by atoms with Gasteiger partial charge in [0.2, 0.25) is 0 Å². The van der Waals surface area contributed by atoms with E-state index in [4.69, 9.17) is 20.4 Å². The van der Waals surface area contributed by atoms with E-state index in [1.54, 1.807) is 0 Å². The first-order chi connectivity index (χ1) is 13.4. The van der Waals surface area contributed by atoms with Crippen LogP contribution in [0.25, 0.3) is 11.0 Å². The predicted octanol–water partition coefficient (Wildman–Crippen LogP) is 5.17. The van der Waals surface area contributed by atoms with Crippen LogP contribution in [-0.4, -0.2) is 30.4 Å². The van der Waals surface area contributed by atoms with Gasteiger partial charge in [0.1, 0.15) is 17.1 Å². The van der Waals surface area contributed by atoms with E-state index in [1.165, 1.54) is 12.8 Å². The van der Waals surface area contributed by atoms with Crippen molar-refractivity contribution >= 4 is 28.5 Å². The molecule has 1 fully saturated rings. The Labute approximate surface area is 169 Å². The highest BCUT2D eigenvalue weighted by molar-refractivity contribution is 6.32. The number of hydrogen-bond acceptors (Lipinski definition) is 4. The molecule has 28 heavy (non-hydrogen) atoms. The summed E-state index contributed by atoms with van der Waals surface area (Å²) in [6, 6.07) is 7.74. The summed E-state index contributed by atoms with van der Waals surface area (Å²) in [4.78, 5) is 15.2. The number of aryl methyl sites for hydroxylation is 3. The average molecular weight is 401 g/mol. The molecule has 4 rings (SSSR count). The summed E-state index contributed by atoms with van der Waals surface area (Å²) in [7, 11) is 0. The average Bonchev–Trinajstić information content (AvgIpc) is 3.39. The Hall–Kier alpha value is -2.24. The topological polar surface area (TPSA) is 58.6 Å². The maximum Gasteiger partial charge on any atom is 0.287 e. The molecule has 0 saturated carbocycles. The van der Waals surface area contributed by atoms with Gasteiger partial charge >= 0.3 is 0 Å². The number of carbonyl (C=O) groups is 1. The van der Waals surface area contributed by atoms with E-state index in [1.807, 2.05) is 45.0 Å². The van der Waals surface area contributed by atoms with Gasteiger partial charge in [0.25, 0.3) is 5.91 Å². The van der Waals surface area contributed by atoms with Crippen molar-refractivity contribution in [3.05, 3.63) is 57.7 Å². The number of furan rings is 2. The predicted molar refractivity (Wildman–Crippen MR) is 110 cm³/mol. The Bertz CT molecular complexity index is 1010. The summed E-state index contributed by atoms with van der Waals surface area (Å²) in [6.07, 6.45) is 2.35. The fourth-order valence-corrected chi connectivity index (χ4v) is 4.09. The molecule has 5 nitrogen and oxygen atoms in total. The number of likely N-dealkylation sites (tertiary alicyclic amines) is 1. The minimum Gasteiger partial charge on any atom is -0.465 e. The smallest absolute Gasteiger partial charge is 0.287 e. The molecule has 6 heteroatoms. The number of rotatable bonds is 5. The lowest BCUT2D eigenvalue weighted by Crippen LogP contribution is -2.36. The number of halogens is 1. The van der Waals surface area contributed by atoms with Crippen LogP contribution in [0.15, 0.2) is 33.1 Å². The molecule has 2 aromatic heterocycles. The van der Waals surface area contributed by atoms with Crippen LogP contribution in [0.1, 0.15) is 52.1 Å². The van der Waals surface area contributed by atoms with E-state index in [0.717, 1.165) is 41.1 Å². The van der Waals surface area contributed by atoms with E-state index < -0.39 is 0 Å². The fourth-order valence-electron chi connectivity index (χ4n) is 3.92. The number of nitrogens with zero attached hydrogens (tertiary/aromatic N) is 1. The molecule has 0 aliphatic carbocycles. The third-order valence-corrected chi connectivity index (χ3v) is 5.96. The van der Waals surface area contributed by atoms with Crippen LogP contribution in [-0.2, 0) is 0 Å². The molecule has 0 spiro atoms. The highest BCUT2D eigenvalue weighted by atomic mass is 35.5. The van der Waals surface area contributed by atoms with Gasteiger partial charge in [0.05, 0.1) is 6.04 Å². The molecule has 3 heterocycles. The van der Waals surface area contributed by atoms with E-state index >= 15 is 0 Å². The Morgan fingerprint density at radius 1 is 1.18 bits per heavy atom. The molecule has 3 aromatic rings. The summed E-state index contributed by atoms with van der Waals surface area (Å²) in [5.74, 6) is 1.90.